The van der Waals surface area contributed by atoms with Gasteiger partial charge in [-0.3, -0.25) is 4.98 Å². The molecule has 1 atom stereocenters. The van der Waals surface area contributed by atoms with E-state index in [1.165, 1.54) is 23.9 Å². The Morgan fingerprint density at radius 2 is 2.25 bits per heavy atom. The maximum atomic E-state index is 5.88. The van der Waals surface area contributed by atoms with E-state index in [9.17, 15) is 0 Å². The van der Waals surface area contributed by atoms with Gasteiger partial charge in [0.1, 0.15) is 0 Å². The van der Waals surface area contributed by atoms with Gasteiger partial charge in [0.05, 0.1) is 18.2 Å². The SMILES string of the molecule is COCC1CCCN1c1cc(C)nc2cc(N)ccc12. The first-order valence-corrected chi connectivity index (χ1v) is 7.11. The molecular formula is C16H21N3O. The van der Waals surface area contributed by atoms with E-state index in [1.807, 2.05) is 19.1 Å². The number of nitrogens with zero attached hydrogens (tertiary/aromatic N) is 2. The Morgan fingerprint density at radius 1 is 1.40 bits per heavy atom. The number of ether oxygens (including phenoxy) is 1. The van der Waals surface area contributed by atoms with Crippen molar-refractivity contribution in [2.75, 3.05) is 30.9 Å². The van der Waals surface area contributed by atoms with Gasteiger partial charge in [-0.1, -0.05) is 0 Å². The zero-order valence-corrected chi connectivity index (χ0v) is 12.1. The van der Waals surface area contributed by atoms with Gasteiger partial charge >= 0.3 is 0 Å². The van der Waals surface area contributed by atoms with Gasteiger partial charge in [-0.25, -0.2) is 0 Å². The zero-order chi connectivity index (χ0) is 14.1. The largest absolute Gasteiger partial charge is 0.399 e. The standard InChI is InChI=1S/C16H21N3O/c1-11-8-16(19-7-3-4-13(19)10-20-2)14-6-5-12(17)9-15(14)18-11/h5-6,8-9,13H,3-4,7,10,17H2,1-2H3. The molecule has 0 aliphatic carbocycles. The fourth-order valence-corrected chi connectivity index (χ4v) is 3.11. The molecule has 0 amide bonds. The Hall–Kier alpha value is -1.81. The molecule has 1 unspecified atom stereocenters. The van der Waals surface area contributed by atoms with Crippen molar-refractivity contribution in [3.05, 3.63) is 30.0 Å². The molecule has 0 saturated carbocycles. The average Bonchev–Trinajstić information content (AvgIpc) is 2.85. The number of rotatable bonds is 3. The molecule has 4 heteroatoms. The summed E-state index contributed by atoms with van der Waals surface area (Å²) >= 11 is 0. The van der Waals surface area contributed by atoms with Crippen molar-refractivity contribution >= 4 is 22.3 Å². The summed E-state index contributed by atoms with van der Waals surface area (Å²) in [5.41, 5.74) is 9.90. The van der Waals surface area contributed by atoms with Crippen LogP contribution in [0.1, 0.15) is 18.5 Å². The summed E-state index contributed by atoms with van der Waals surface area (Å²) in [5.74, 6) is 0. The Labute approximate surface area is 119 Å². The van der Waals surface area contributed by atoms with Gasteiger partial charge in [0.25, 0.3) is 0 Å². The summed E-state index contributed by atoms with van der Waals surface area (Å²) in [6.07, 6.45) is 2.40. The highest BCUT2D eigenvalue weighted by atomic mass is 16.5. The van der Waals surface area contributed by atoms with E-state index in [0.29, 0.717) is 6.04 Å². The molecule has 1 aromatic carbocycles. The Morgan fingerprint density at radius 3 is 3.05 bits per heavy atom. The van der Waals surface area contributed by atoms with Gasteiger partial charge in [0, 0.05) is 36.1 Å². The number of hydrogen-bond acceptors (Lipinski definition) is 4. The van der Waals surface area contributed by atoms with Crippen molar-refractivity contribution in [2.45, 2.75) is 25.8 Å². The lowest BCUT2D eigenvalue weighted by atomic mass is 10.1. The van der Waals surface area contributed by atoms with Crippen LogP contribution in [0.2, 0.25) is 0 Å². The quantitative estimate of drug-likeness (QED) is 0.872. The Balaban J connectivity index is 2.10. The molecule has 1 aliphatic heterocycles. The third-order valence-corrected chi connectivity index (χ3v) is 3.99. The number of anilines is 2. The minimum absolute atomic E-state index is 0.461. The van der Waals surface area contributed by atoms with Gasteiger partial charge in [0.2, 0.25) is 0 Å². The molecule has 1 saturated heterocycles. The second-order valence-electron chi connectivity index (χ2n) is 5.50. The highest BCUT2D eigenvalue weighted by Gasteiger charge is 2.26. The molecule has 2 N–H and O–H groups in total. The summed E-state index contributed by atoms with van der Waals surface area (Å²) in [7, 11) is 1.77. The molecule has 3 rings (SSSR count). The smallest absolute Gasteiger partial charge is 0.0746 e. The number of aryl methyl sites for hydroxylation is 1. The molecule has 2 aromatic rings. The van der Waals surface area contributed by atoms with Crippen LogP contribution in [0.3, 0.4) is 0 Å². The highest BCUT2D eigenvalue weighted by molar-refractivity contribution is 5.93. The molecule has 0 spiro atoms. The van der Waals surface area contributed by atoms with Crippen LogP contribution in [0.25, 0.3) is 10.9 Å². The van der Waals surface area contributed by atoms with E-state index in [1.54, 1.807) is 7.11 Å². The van der Waals surface area contributed by atoms with Crippen molar-refractivity contribution < 1.29 is 4.74 Å². The zero-order valence-electron chi connectivity index (χ0n) is 12.1. The summed E-state index contributed by atoms with van der Waals surface area (Å²) in [6.45, 7) is 3.89. The summed E-state index contributed by atoms with van der Waals surface area (Å²) in [4.78, 5) is 7.06. The molecule has 1 aliphatic rings. The van der Waals surface area contributed by atoms with E-state index < -0.39 is 0 Å². The third-order valence-electron chi connectivity index (χ3n) is 3.99. The maximum Gasteiger partial charge on any atom is 0.0746 e. The number of hydrogen-bond donors (Lipinski definition) is 1. The first-order valence-electron chi connectivity index (χ1n) is 7.11. The number of nitrogen functional groups attached to an aromatic ring is 1. The second-order valence-corrected chi connectivity index (χ2v) is 5.50. The molecule has 2 heterocycles. The van der Waals surface area contributed by atoms with Crippen LogP contribution in [0, 0.1) is 6.92 Å². The number of nitrogens with two attached hydrogens (primary N) is 1. The van der Waals surface area contributed by atoms with Gasteiger partial charge in [-0.2, -0.15) is 0 Å². The third kappa shape index (κ3) is 2.31. The number of fused-ring (bicyclic) bond motifs is 1. The number of aromatic nitrogens is 1. The molecular weight excluding hydrogens is 250 g/mol. The first kappa shape index (κ1) is 13.2. The lowest BCUT2D eigenvalue weighted by Crippen LogP contribution is -2.33. The van der Waals surface area contributed by atoms with E-state index in [-0.39, 0.29) is 0 Å². The van der Waals surface area contributed by atoms with E-state index in [2.05, 4.69) is 22.0 Å². The number of methoxy groups -OCH3 is 1. The summed E-state index contributed by atoms with van der Waals surface area (Å²) < 4.78 is 5.36. The Bertz CT molecular complexity index is 621. The highest BCUT2D eigenvalue weighted by Crippen LogP contribution is 2.33. The van der Waals surface area contributed by atoms with Gasteiger partial charge in [-0.15, -0.1) is 0 Å². The molecule has 4 nitrogen and oxygen atoms in total. The fourth-order valence-electron chi connectivity index (χ4n) is 3.11. The van der Waals surface area contributed by atoms with Crippen molar-refractivity contribution in [1.29, 1.82) is 0 Å². The average molecular weight is 271 g/mol. The number of pyridine rings is 1. The van der Waals surface area contributed by atoms with E-state index in [0.717, 1.165) is 30.0 Å². The predicted molar refractivity (Wildman–Crippen MR) is 83.1 cm³/mol. The van der Waals surface area contributed by atoms with Crippen LogP contribution < -0.4 is 10.6 Å². The second kappa shape index (κ2) is 5.29. The maximum absolute atomic E-state index is 5.88. The Kier molecular flexibility index (Phi) is 3.49. The molecule has 0 radical (unpaired) electrons. The van der Waals surface area contributed by atoms with E-state index in [4.69, 9.17) is 10.5 Å². The predicted octanol–water partition coefficient (Wildman–Crippen LogP) is 2.74. The lowest BCUT2D eigenvalue weighted by Gasteiger charge is -2.27. The van der Waals surface area contributed by atoms with Crippen LogP contribution in [-0.4, -0.2) is 31.3 Å². The van der Waals surface area contributed by atoms with Crippen LogP contribution in [0.5, 0.6) is 0 Å². The van der Waals surface area contributed by atoms with Gasteiger partial charge in [-0.05, 0) is 44.0 Å². The van der Waals surface area contributed by atoms with Crippen LogP contribution in [-0.2, 0) is 4.74 Å². The number of benzene rings is 1. The first-order chi connectivity index (χ1) is 9.69. The minimum atomic E-state index is 0.461. The normalized spacial score (nSPS) is 18.9. The minimum Gasteiger partial charge on any atom is -0.399 e. The summed E-state index contributed by atoms with van der Waals surface area (Å²) in [6, 6.07) is 8.61. The molecule has 20 heavy (non-hydrogen) atoms. The van der Waals surface area contributed by atoms with Gasteiger partial charge < -0.3 is 15.4 Å². The molecule has 1 aromatic heterocycles. The van der Waals surface area contributed by atoms with Gasteiger partial charge in [0.15, 0.2) is 0 Å². The topological polar surface area (TPSA) is 51.4 Å². The van der Waals surface area contributed by atoms with Crippen molar-refractivity contribution in [3.8, 4) is 0 Å². The van der Waals surface area contributed by atoms with Crippen molar-refractivity contribution in [3.63, 3.8) is 0 Å². The fraction of sp³-hybridized carbons (Fsp3) is 0.438. The van der Waals surface area contributed by atoms with Crippen LogP contribution >= 0.6 is 0 Å². The van der Waals surface area contributed by atoms with E-state index >= 15 is 0 Å². The summed E-state index contributed by atoms with van der Waals surface area (Å²) in [5, 5.41) is 1.17. The molecule has 0 bridgehead atoms. The lowest BCUT2D eigenvalue weighted by molar-refractivity contribution is 0.181. The molecule has 1 fully saturated rings. The van der Waals surface area contributed by atoms with Crippen LogP contribution in [0.15, 0.2) is 24.3 Å². The molecule has 106 valence electrons. The van der Waals surface area contributed by atoms with Crippen molar-refractivity contribution in [1.82, 2.24) is 4.98 Å². The van der Waals surface area contributed by atoms with Crippen molar-refractivity contribution in [2.24, 2.45) is 0 Å². The monoisotopic (exact) mass is 271 g/mol. The van der Waals surface area contributed by atoms with Crippen LogP contribution in [0.4, 0.5) is 11.4 Å².